The number of carboxylic acids is 1. The number of carboxylic acid groups (broad SMARTS) is 1. The third-order valence-electron chi connectivity index (χ3n) is 2.14. The molecule has 0 radical (unpaired) electrons. The predicted octanol–water partition coefficient (Wildman–Crippen LogP) is 1.45. The molecule has 1 unspecified atom stereocenters. The second kappa shape index (κ2) is 3.72. The molecule has 2 aromatic rings. The maximum Gasteiger partial charge on any atom is 0.339 e. The molecule has 0 aliphatic heterocycles. The van der Waals surface area contributed by atoms with Crippen molar-refractivity contribution in [3.05, 3.63) is 36.1 Å². The molecular weight excluding hydrogens is 198 g/mol. The molecule has 3 N–H and O–H groups in total. The van der Waals surface area contributed by atoms with E-state index in [0.29, 0.717) is 11.1 Å². The molecule has 78 valence electrons. The van der Waals surface area contributed by atoms with Crippen LogP contribution in [0.15, 0.2) is 34.9 Å². The Morgan fingerprint density at radius 2 is 2.27 bits per heavy atom. The highest BCUT2D eigenvalue weighted by atomic mass is 16.6. The molecule has 5 nitrogen and oxygen atoms in total. The van der Waals surface area contributed by atoms with Gasteiger partial charge < -0.3 is 9.52 Å². The van der Waals surface area contributed by atoms with Crippen LogP contribution in [-0.4, -0.2) is 11.1 Å². The minimum Gasteiger partial charge on any atom is -0.479 e. The van der Waals surface area contributed by atoms with E-state index in [1.807, 2.05) is 0 Å². The Morgan fingerprint density at radius 1 is 1.47 bits per heavy atom. The third-order valence-corrected chi connectivity index (χ3v) is 2.14. The van der Waals surface area contributed by atoms with Gasteiger partial charge in [-0.2, -0.15) is 0 Å². The van der Waals surface area contributed by atoms with Crippen molar-refractivity contribution in [3.8, 4) is 0 Å². The lowest BCUT2D eigenvalue weighted by atomic mass is 10.1. The molecule has 0 fully saturated rings. The van der Waals surface area contributed by atoms with Crippen molar-refractivity contribution in [2.24, 2.45) is 5.90 Å². The fourth-order valence-corrected chi connectivity index (χ4v) is 1.43. The fourth-order valence-electron chi connectivity index (χ4n) is 1.43. The number of hydrogen-bond donors (Lipinski definition) is 2. The molecular formula is C10H9NO4. The molecule has 2 rings (SSSR count). The topological polar surface area (TPSA) is 85.7 Å². The smallest absolute Gasteiger partial charge is 0.339 e. The summed E-state index contributed by atoms with van der Waals surface area (Å²) in [5, 5.41) is 9.64. The van der Waals surface area contributed by atoms with E-state index in [9.17, 15) is 4.79 Å². The van der Waals surface area contributed by atoms with Crippen LogP contribution in [0.25, 0.3) is 11.0 Å². The van der Waals surface area contributed by atoms with Crippen molar-refractivity contribution < 1.29 is 19.2 Å². The number of fused-ring (bicyclic) bond motifs is 1. The molecule has 0 amide bonds. The van der Waals surface area contributed by atoms with Crippen LogP contribution in [0.5, 0.6) is 0 Å². The number of carbonyl (C=O) groups is 1. The van der Waals surface area contributed by atoms with Gasteiger partial charge in [-0.3, -0.25) is 4.84 Å². The van der Waals surface area contributed by atoms with Crippen molar-refractivity contribution in [2.75, 3.05) is 0 Å². The van der Waals surface area contributed by atoms with E-state index < -0.39 is 12.1 Å². The van der Waals surface area contributed by atoms with Crippen LogP contribution in [0.4, 0.5) is 0 Å². The summed E-state index contributed by atoms with van der Waals surface area (Å²) in [5.74, 6) is 3.80. The summed E-state index contributed by atoms with van der Waals surface area (Å²) in [6.07, 6.45) is 0.386. The quantitative estimate of drug-likeness (QED) is 0.744. The van der Waals surface area contributed by atoms with Gasteiger partial charge in [-0.15, -0.1) is 0 Å². The molecule has 1 aromatic carbocycles. The van der Waals surface area contributed by atoms with E-state index in [-0.39, 0.29) is 0 Å². The van der Waals surface area contributed by atoms with Gasteiger partial charge in [-0.25, -0.2) is 10.7 Å². The van der Waals surface area contributed by atoms with Crippen LogP contribution in [0.2, 0.25) is 0 Å². The lowest BCUT2D eigenvalue weighted by molar-refractivity contribution is -0.151. The van der Waals surface area contributed by atoms with E-state index in [1.54, 1.807) is 24.3 Å². The Hall–Kier alpha value is -1.85. The maximum absolute atomic E-state index is 10.8. The van der Waals surface area contributed by atoms with Gasteiger partial charge in [-0.1, -0.05) is 6.07 Å². The van der Waals surface area contributed by atoms with Crippen LogP contribution < -0.4 is 5.90 Å². The molecule has 5 heteroatoms. The molecule has 0 aliphatic rings. The van der Waals surface area contributed by atoms with Crippen LogP contribution in [0.3, 0.4) is 0 Å². The summed E-state index contributed by atoms with van der Waals surface area (Å²) in [6.45, 7) is 0. The standard InChI is InChI=1S/C10H9NO4/c11-15-9(10(12)13)7-1-2-8-6(5-7)3-4-14-8/h1-5,9H,11H2,(H,12,13). The minimum atomic E-state index is -1.15. The van der Waals surface area contributed by atoms with Gasteiger partial charge in [0.25, 0.3) is 0 Å². The molecule has 0 spiro atoms. The van der Waals surface area contributed by atoms with Crippen molar-refractivity contribution in [1.29, 1.82) is 0 Å². The Bertz CT molecular complexity index is 491. The summed E-state index contributed by atoms with van der Waals surface area (Å²) in [7, 11) is 0. The Kier molecular flexibility index (Phi) is 2.40. The molecule has 1 aromatic heterocycles. The molecule has 0 saturated heterocycles. The van der Waals surface area contributed by atoms with Crippen molar-refractivity contribution in [2.45, 2.75) is 6.10 Å². The first-order chi connectivity index (χ1) is 7.22. The average molecular weight is 207 g/mol. The first kappa shape index (κ1) is 9.70. The summed E-state index contributed by atoms with van der Waals surface area (Å²) in [5.41, 5.74) is 1.18. The fraction of sp³-hybridized carbons (Fsp3) is 0.100. The highest BCUT2D eigenvalue weighted by Crippen LogP contribution is 2.22. The van der Waals surface area contributed by atoms with E-state index in [2.05, 4.69) is 4.84 Å². The number of aliphatic carboxylic acids is 1. The normalized spacial score (nSPS) is 12.9. The Balaban J connectivity index is 2.46. The van der Waals surface area contributed by atoms with Gasteiger partial charge in [0, 0.05) is 5.39 Å². The zero-order valence-corrected chi connectivity index (χ0v) is 7.71. The number of hydrogen-bond acceptors (Lipinski definition) is 4. The van der Waals surface area contributed by atoms with Crippen LogP contribution >= 0.6 is 0 Å². The van der Waals surface area contributed by atoms with Crippen LogP contribution in [-0.2, 0) is 9.63 Å². The highest BCUT2D eigenvalue weighted by Gasteiger charge is 2.20. The number of rotatable bonds is 3. The van der Waals surface area contributed by atoms with E-state index >= 15 is 0 Å². The predicted molar refractivity (Wildman–Crippen MR) is 51.9 cm³/mol. The van der Waals surface area contributed by atoms with Gasteiger partial charge in [0.05, 0.1) is 6.26 Å². The average Bonchev–Trinajstić information content (AvgIpc) is 2.65. The van der Waals surface area contributed by atoms with Gasteiger partial charge in [0.2, 0.25) is 6.10 Å². The number of furan rings is 1. The zero-order valence-electron chi connectivity index (χ0n) is 7.71. The molecule has 0 aliphatic carbocycles. The van der Waals surface area contributed by atoms with E-state index in [1.165, 1.54) is 6.26 Å². The van der Waals surface area contributed by atoms with E-state index in [0.717, 1.165) is 5.39 Å². The second-order valence-corrected chi connectivity index (χ2v) is 3.07. The zero-order chi connectivity index (χ0) is 10.8. The molecule has 0 bridgehead atoms. The summed E-state index contributed by atoms with van der Waals surface area (Å²) < 4.78 is 5.13. The van der Waals surface area contributed by atoms with Gasteiger partial charge >= 0.3 is 5.97 Å². The minimum absolute atomic E-state index is 0.485. The SMILES string of the molecule is NOC(C(=O)O)c1ccc2occc2c1. The first-order valence-corrected chi connectivity index (χ1v) is 4.28. The van der Waals surface area contributed by atoms with Crippen molar-refractivity contribution >= 4 is 16.9 Å². The summed E-state index contributed by atoms with van der Waals surface area (Å²) >= 11 is 0. The Labute approximate surface area is 85.0 Å². The van der Waals surface area contributed by atoms with Crippen LogP contribution in [0.1, 0.15) is 11.7 Å². The lowest BCUT2D eigenvalue weighted by Crippen LogP contribution is -2.18. The Morgan fingerprint density at radius 3 is 2.93 bits per heavy atom. The molecule has 1 atom stereocenters. The third kappa shape index (κ3) is 1.70. The summed E-state index contributed by atoms with van der Waals surface area (Å²) in [6, 6.07) is 6.70. The second-order valence-electron chi connectivity index (χ2n) is 3.07. The number of benzene rings is 1. The molecule has 15 heavy (non-hydrogen) atoms. The van der Waals surface area contributed by atoms with E-state index in [4.69, 9.17) is 15.4 Å². The van der Waals surface area contributed by atoms with Crippen molar-refractivity contribution in [1.82, 2.24) is 0 Å². The highest BCUT2D eigenvalue weighted by molar-refractivity contribution is 5.81. The summed E-state index contributed by atoms with van der Waals surface area (Å²) in [4.78, 5) is 15.2. The monoisotopic (exact) mass is 207 g/mol. The molecule has 1 heterocycles. The largest absolute Gasteiger partial charge is 0.479 e. The van der Waals surface area contributed by atoms with Crippen molar-refractivity contribution in [3.63, 3.8) is 0 Å². The maximum atomic E-state index is 10.8. The first-order valence-electron chi connectivity index (χ1n) is 4.28. The molecule has 0 saturated carbocycles. The van der Waals surface area contributed by atoms with Gasteiger partial charge in [-0.05, 0) is 23.8 Å². The lowest BCUT2D eigenvalue weighted by Gasteiger charge is -2.09. The van der Waals surface area contributed by atoms with Gasteiger partial charge in [0.1, 0.15) is 5.58 Å². The van der Waals surface area contributed by atoms with Gasteiger partial charge in [0.15, 0.2) is 0 Å². The number of nitrogens with two attached hydrogens (primary N) is 1. The van der Waals surface area contributed by atoms with Crippen LogP contribution in [0, 0.1) is 0 Å².